The SMILES string of the molecule is O=c1ccc(/C(=N\OC2CC[N+]3(CCCCC3)CC2)c2ccc(F)cc2F)cn1-c1c(Cl)cccc1Cl.[Cl-]. The van der Waals surface area contributed by atoms with Gasteiger partial charge in [0.15, 0.2) is 0 Å². The molecule has 2 aromatic carbocycles. The van der Waals surface area contributed by atoms with Crippen molar-refractivity contribution in [3.05, 3.63) is 97.9 Å². The highest BCUT2D eigenvalue weighted by molar-refractivity contribution is 6.37. The lowest BCUT2D eigenvalue weighted by atomic mass is 9.99. The van der Waals surface area contributed by atoms with Gasteiger partial charge in [-0.3, -0.25) is 9.36 Å². The maximum atomic E-state index is 14.9. The summed E-state index contributed by atoms with van der Waals surface area (Å²) in [5, 5.41) is 4.95. The van der Waals surface area contributed by atoms with Crippen molar-refractivity contribution in [1.82, 2.24) is 4.57 Å². The number of rotatable bonds is 5. The van der Waals surface area contributed by atoms with Crippen LogP contribution < -0.4 is 18.0 Å². The van der Waals surface area contributed by atoms with E-state index in [0.717, 1.165) is 36.5 Å². The lowest BCUT2D eigenvalue weighted by molar-refractivity contribution is -0.937. The van der Waals surface area contributed by atoms with Gasteiger partial charge in [-0.1, -0.05) is 34.4 Å². The molecule has 3 aromatic rings. The van der Waals surface area contributed by atoms with Gasteiger partial charge in [-0.2, -0.15) is 0 Å². The summed E-state index contributed by atoms with van der Waals surface area (Å²) < 4.78 is 31.1. The Morgan fingerprint density at radius 3 is 2.29 bits per heavy atom. The van der Waals surface area contributed by atoms with Gasteiger partial charge in [-0.25, -0.2) is 8.78 Å². The van der Waals surface area contributed by atoms with E-state index < -0.39 is 11.6 Å². The minimum atomic E-state index is -0.780. The predicted octanol–water partition coefficient (Wildman–Crippen LogP) is 3.36. The standard InChI is InChI=1S/C28H28Cl2F2N3O2.ClH/c29-23-5-4-6-24(30)28(23)34-18-19(7-10-26(34)36)27(22-9-8-20(31)17-25(22)32)33-37-21-11-15-35(16-12-21)13-2-1-3-14-35;/h4-10,17-18,21H,1-3,11-16H2;1H/q+1;/p-1/b33-27+;. The van der Waals surface area contributed by atoms with E-state index in [1.165, 1.54) is 67.4 Å². The summed E-state index contributed by atoms with van der Waals surface area (Å²) in [6.45, 7) is 4.51. The van der Waals surface area contributed by atoms with Gasteiger partial charge in [0.25, 0.3) is 5.56 Å². The molecule has 2 saturated heterocycles. The van der Waals surface area contributed by atoms with Crippen molar-refractivity contribution < 1.29 is 30.5 Å². The molecule has 202 valence electrons. The average molecular weight is 583 g/mol. The molecule has 1 aromatic heterocycles. The Hall–Kier alpha value is -2.45. The highest BCUT2D eigenvalue weighted by Crippen LogP contribution is 2.29. The smallest absolute Gasteiger partial charge is 0.255 e. The number of halogens is 5. The maximum Gasteiger partial charge on any atom is 0.255 e. The predicted molar refractivity (Wildman–Crippen MR) is 142 cm³/mol. The van der Waals surface area contributed by atoms with Crippen LogP contribution in [0.3, 0.4) is 0 Å². The minimum absolute atomic E-state index is 0. The van der Waals surface area contributed by atoms with Gasteiger partial charge < -0.3 is 21.7 Å². The third-order valence-corrected chi connectivity index (χ3v) is 8.07. The summed E-state index contributed by atoms with van der Waals surface area (Å²) in [5.74, 6) is -1.48. The van der Waals surface area contributed by atoms with Crippen molar-refractivity contribution in [2.24, 2.45) is 5.16 Å². The lowest BCUT2D eigenvalue weighted by Gasteiger charge is -2.45. The molecule has 38 heavy (non-hydrogen) atoms. The van der Waals surface area contributed by atoms with Gasteiger partial charge in [-0.15, -0.1) is 0 Å². The zero-order valence-corrected chi connectivity index (χ0v) is 23.0. The Labute approximate surface area is 236 Å². The fraction of sp³-hybridized carbons (Fsp3) is 0.357. The van der Waals surface area contributed by atoms with Gasteiger partial charge >= 0.3 is 0 Å². The van der Waals surface area contributed by atoms with E-state index in [9.17, 15) is 13.6 Å². The number of quaternary nitrogens is 1. The van der Waals surface area contributed by atoms with E-state index in [0.29, 0.717) is 11.3 Å². The number of pyridine rings is 1. The first-order chi connectivity index (χ1) is 17.8. The molecule has 2 aliphatic rings. The van der Waals surface area contributed by atoms with Crippen LogP contribution in [0.15, 0.2) is 64.7 Å². The third kappa shape index (κ3) is 6.07. The van der Waals surface area contributed by atoms with Gasteiger partial charge in [-0.05, 0) is 49.6 Å². The Balaban J connectivity index is 0.00000336. The number of hydrogen-bond donors (Lipinski definition) is 0. The molecule has 0 radical (unpaired) electrons. The second-order valence-corrected chi connectivity index (χ2v) is 10.7. The second-order valence-electron chi connectivity index (χ2n) is 9.86. The Morgan fingerprint density at radius 1 is 0.947 bits per heavy atom. The summed E-state index contributed by atoms with van der Waals surface area (Å²) in [4.78, 5) is 18.7. The number of hydrogen-bond acceptors (Lipinski definition) is 3. The zero-order valence-electron chi connectivity index (χ0n) is 20.7. The molecule has 5 rings (SSSR count). The number of benzene rings is 2. The highest BCUT2D eigenvalue weighted by atomic mass is 35.5. The molecular weight excluding hydrogens is 555 g/mol. The maximum absolute atomic E-state index is 14.9. The summed E-state index contributed by atoms with van der Waals surface area (Å²) in [7, 11) is 0. The fourth-order valence-electron chi connectivity index (χ4n) is 5.41. The van der Waals surface area contributed by atoms with Crippen molar-refractivity contribution in [3.8, 4) is 5.69 Å². The van der Waals surface area contributed by atoms with Crippen LogP contribution in [0, 0.1) is 11.6 Å². The van der Waals surface area contributed by atoms with Crippen LogP contribution in [0.1, 0.15) is 43.2 Å². The van der Waals surface area contributed by atoms with E-state index in [1.807, 2.05) is 0 Å². The molecule has 0 amide bonds. The van der Waals surface area contributed by atoms with E-state index in [4.69, 9.17) is 28.0 Å². The molecule has 0 saturated carbocycles. The fourth-order valence-corrected chi connectivity index (χ4v) is 5.99. The van der Waals surface area contributed by atoms with Crippen LogP contribution in [0.5, 0.6) is 0 Å². The Morgan fingerprint density at radius 2 is 1.63 bits per heavy atom. The molecule has 0 unspecified atom stereocenters. The number of para-hydroxylation sites is 1. The van der Waals surface area contributed by atoms with Gasteiger partial charge in [0.05, 0.1) is 41.9 Å². The van der Waals surface area contributed by atoms with E-state index in [2.05, 4.69) is 5.16 Å². The molecule has 0 atom stereocenters. The first-order valence-corrected chi connectivity index (χ1v) is 13.3. The number of oxime groups is 1. The first kappa shape index (κ1) is 28.6. The minimum Gasteiger partial charge on any atom is -1.00 e. The molecule has 2 fully saturated rings. The summed E-state index contributed by atoms with van der Waals surface area (Å²) >= 11 is 12.7. The van der Waals surface area contributed by atoms with E-state index in [1.54, 1.807) is 18.2 Å². The van der Waals surface area contributed by atoms with Crippen molar-refractivity contribution in [3.63, 3.8) is 0 Å². The van der Waals surface area contributed by atoms with E-state index >= 15 is 0 Å². The van der Waals surface area contributed by atoms with Crippen molar-refractivity contribution in [1.29, 1.82) is 0 Å². The summed E-state index contributed by atoms with van der Waals surface area (Å²) in [6, 6.07) is 11.1. The molecule has 0 bridgehead atoms. The molecule has 10 heteroatoms. The van der Waals surface area contributed by atoms with Gasteiger partial charge in [0.1, 0.15) is 23.5 Å². The molecule has 5 nitrogen and oxygen atoms in total. The molecule has 0 aliphatic carbocycles. The number of piperidine rings is 2. The third-order valence-electron chi connectivity index (χ3n) is 7.46. The van der Waals surface area contributed by atoms with Crippen LogP contribution in [0.4, 0.5) is 8.78 Å². The van der Waals surface area contributed by atoms with Crippen molar-refractivity contribution in [2.45, 2.75) is 38.2 Å². The first-order valence-electron chi connectivity index (χ1n) is 12.6. The summed E-state index contributed by atoms with van der Waals surface area (Å²) in [5.41, 5.74) is 0.548. The van der Waals surface area contributed by atoms with Crippen molar-refractivity contribution in [2.75, 3.05) is 26.2 Å². The molecule has 3 heterocycles. The van der Waals surface area contributed by atoms with E-state index in [-0.39, 0.29) is 45.4 Å². The van der Waals surface area contributed by atoms with Gasteiger partial charge in [0, 0.05) is 42.3 Å². The van der Waals surface area contributed by atoms with Crippen LogP contribution in [-0.4, -0.2) is 47.0 Å². The molecule has 2 aliphatic heterocycles. The number of aromatic nitrogens is 1. The summed E-state index contributed by atoms with van der Waals surface area (Å²) in [6.07, 6.45) is 6.95. The Kier molecular flexibility index (Phi) is 9.14. The van der Waals surface area contributed by atoms with Crippen LogP contribution >= 0.6 is 23.2 Å². The second kappa shape index (κ2) is 12.2. The van der Waals surface area contributed by atoms with Crippen LogP contribution in [-0.2, 0) is 4.84 Å². The average Bonchev–Trinajstić information content (AvgIpc) is 2.88. The largest absolute Gasteiger partial charge is 1.00 e. The molecule has 1 spiro atoms. The molecular formula is C28H28Cl3F2N3O2. The quantitative estimate of drug-likeness (QED) is 0.263. The highest BCUT2D eigenvalue weighted by Gasteiger charge is 2.36. The van der Waals surface area contributed by atoms with Crippen LogP contribution in [0.2, 0.25) is 10.0 Å². The zero-order chi connectivity index (χ0) is 26.0. The van der Waals surface area contributed by atoms with Gasteiger partial charge in [0.2, 0.25) is 0 Å². The van der Waals surface area contributed by atoms with Crippen molar-refractivity contribution >= 4 is 28.9 Å². The molecule has 0 N–H and O–H groups in total. The van der Waals surface area contributed by atoms with Crippen LogP contribution in [0.25, 0.3) is 5.69 Å². The monoisotopic (exact) mass is 581 g/mol. The Bertz CT molecular complexity index is 1360. The number of nitrogens with zero attached hydrogens (tertiary/aromatic N) is 3. The topological polar surface area (TPSA) is 43.6 Å². The lowest BCUT2D eigenvalue weighted by Crippen LogP contribution is -3.00. The normalized spacial score (nSPS) is 17.7.